The number of nitrogens with zero attached hydrogens (tertiary/aromatic N) is 2. The first kappa shape index (κ1) is 20.6. The molecule has 0 saturated carbocycles. The van der Waals surface area contributed by atoms with Gasteiger partial charge in [0.25, 0.3) is 5.91 Å². The van der Waals surface area contributed by atoms with Crippen molar-refractivity contribution in [1.82, 2.24) is 14.9 Å². The molecule has 0 unspecified atom stereocenters. The summed E-state index contributed by atoms with van der Waals surface area (Å²) in [5.41, 5.74) is 3.55. The average Bonchev–Trinajstić information content (AvgIpc) is 3.50. The van der Waals surface area contributed by atoms with E-state index in [1.165, 1.54) is 0 Å². The summed E-state index contributed by atoms with van der Waals surface area (Å²) < 4.78 is 13.9. The van der Waals surface area contributed by atoms with Crippen LogP contribution in [-0.2, 0) is 19.7 Å². The van der Waals surface area contributed by atoms with Crippen molar-refractivity contribution < 1.29 is 13.9 Å². The molecule has 0 aliphatic rings. The van der Waals surface area contributed by atoms with E-state index in [0.29, 0.717) is 12.1 Å². The second kappa shape index (κ2) is 9.44. The Bertz CT molecular complexity index is 1360. The molecule has 2 heterocycles. The lowest BCUT2D eigenvalue weighted by atomic mass is 10.1. The fourth-order valence-corrected chi connectivity index (χ4v) is 3.79. The Morgan fingerprint density at radius 3 is 2.64 bits per heavy atom. The third-order valence-electron chi connectivity index (χ3n) is 5.40. The highest BCUT2D eigenvalue weighted by atomic mass is 16.5. The van der Waals surface area contributed by atoms with Crippen molar-refractivity contribution in [2.45, 2.75) is 19.7 Å². The van der Waals surface area contributed by atoms with Gasteiger partial charge in [-0.3, -0.25) is 4.79 Å². The third kappa shape index (κ3) is 4.80. The quantitative estimate of drug-likeness (QED) is 0.363. The standard InChI is InChI=1S/C27H23N3O3/c31-27(29-16-20-7-6-8-21(15-20)17-30-14-13-28-19-30)26-24(18-32-22-9-2-1-3-10-22)23-11-4-5-12-25(23)33-26/h1-15,19H,16-18H2,(H,29,31). The number of benzene rings is 3. The molecular weight excluding hydrogens is 414 g/mol. The lowest BCUT2D eigenvalue weighted by molar-refractivity contribution is 0.0922. The minimum Gasteiger partial charge on any atom is -0.489 e. The number of hydrogen-bond donors (Lipinski definition) is 1. The number of hydrogen-bond acceptors (Lipinski definition) is 4. The summed E-state index contributed by atoms with van der Waals surface area (Å²) in [7, 11) is 0. The van der Waals surface area contributed by atoms with E-state index in [0.717, 1.165) is 34.4 Å². The Morgan fingerprint density at radius 1 is 0.970 bits per heavy atom. The zero-order chi connectivity index (χ0) is 22.5. The SMILES string of the molecule is O=C(NCc1cccc(Cn2ccnc2)c1)c1oc2ccccc2c1COc1ccccc1. The summed E-state index contributed by atoms with van der Waals surface area (Å²) in [6, 6.07) is 25.3. The first-order chi connectivity index (χ1) is 16.3. The van der Waals surface area contributed by atoms with E-state index in [2.05, 4.69) is 22.4 Å². The minimum absolute atomic E-state index is 0.240. The molecule has 0 radical (unpaired) electrons. The third-order valence-corrected chi connectivity index (χ3v) is 5.40. The van der Waals surface area contributed by atoms with Gasteiger partial charge >= 0.3 is 0 Å². The number of furan rings is 1. The van der Waals surface area contributed by atoms with Gasteiger partial charge in [0.05, 0.1) is 6.33 Å². The Hall–Kier alpha value is -4.32. The number of amides is 1. The number of nitrogens with one attached hydrogen (secondary N) is 1. The summed E-state index contributed by atoms with van der Waals surface area (Å²) in [6.07, 6.45) is 5.47. The molecule has 6 nitrogen and oxygen atoms in total. The molecule has 6 heteroatoms. The zero-order valence-corrected chi connectivity index (χ0v) is 18.0. The normalized spacial score (nSPS) is 10.9. The van der Waals surface area contributed by atoms with Crippen molar-refractivity contribution >= 4 is 16.9 Å². The van der Waals surface area contributed by atoms with Crippen molar-refractivity contribution in [3.63, 3.8) is 0 Å². The summed E-state index contributed by atoms with van der Waals surface area (Å²) >= 11 is 0. The van der Waals surface area contributed by atoms with Crippen molar-refractivity contribution in [3.8, 4) is 5.75 Å². The topological polar surface area (TPSA) is 69.3 Å². The van der Waals surface area contributed by atoms with E-state index in [1.807, 2.05) is 77.5 Å². The van der Waals surface area contributed by atoms with Crippen LogP contribution in [0.4, 0.5) is 0 Å². The molecule has 0 atom stereocenters. The number of carbonyl (C=O) groups excluding carboxylic acids is 1. The van der Waals surface area contributed by atoms with Gasteiger partial charge in [0.15, 0.2) is 5.76 Å². The molecule has 5 aromatic rings. The van der Waals surface area contributed by atoms with E-state index < -0.39 is 0 Å². The van der Waals surface area contributed by atoms with Crippen LogP contribution in [0.5, 0.6) is 5.75 Å². The van der Waals surface area contributed by atoms with E-state index in [1.54, 1.807) is 12.5 Å². The summed E-state index contributed by atoms with van der Waals surface area (Å²) in [5, 5.41) is 3.87. The molecule has 1 amide bonds. The Balaban J connectivity index is 1.32. The van der Waals surface area contributed by atoms with Gasteiger partial charge in [0.2, 0.25) is 0 Å². The molecule has 0 bridgehead atoms. The van der Waals surface area contributed by atoms with Crippen LogP contribution in [0.1, 0.15) is 27.2 Å². The number of carbonyl (C=O) groups is 1. The first-order valence-corrected chi connectivity index (χ1v) is 10.8. The highest BCUT2D eigenvalue weighted by Gasteiger charge is 2.21. The van der Waals surface area contributed by atoms with Crippen molar-refractivity contribution in [1.29, 1.82) is 0 Å². The Kier molecular flexibility index (Phi) is 5.89. The predicted octanol–water partition coefficient (Wildman–Crippen LogP) is 5.19. The predicted molar refractivity (Wildman–Crippen MR) is 126 cm³/mol. The molecule has 5 rings (SSSR count). The maximum absolute atomic E-state index is 13.1. The number of rotatable bonds is 8. The van der Waals surface area contributed by atoms with E-state index in [9.17, 15) is 4.79 Å². The molecule has 33 heavy (non-hydrogen) atoms. The molecule has 0 aliphatic heterocycles. The molecule has 0 aliphatic carbocycles. The fourth-order valence-electron chi connectivity index (χ4n) is 3.79. The molecule has 2 aromatic heterocycles. The van der Waals surface area contributed by atoms with Crippen LogP contribution < -0.4 is 10.1 Å². The van der Waals surface area contributed by atoms with E-state index in [4.69, 9.17) is 9.15 Å². The molecule has 164 valence electrons. The van der Waals surface area contributed by atoms with Crippen LogP contribution >= 0.6 is 0 Å². The van der Waals surface area contributed by atoms with Gasteiger partial charge in [0.1, 0.15) is 17.9 Å². The number of ether oxygens (including phenoxy) is 1. The molecule has 1 N–H and O–H groups in total. The van der Waals surface area contributed by atoms with Gasteiger partial charge in [-0.05, 0) is 29.3 Å². The summed E-state index contributed by atoms with van der Waals surface area (Å²) in [4.78, 5) is 17.2. The largest absolute Gasteiger partial charge is 0.489 e. The van der Waals surface area contributed by atoms with Crippen LogP contribution in [0.15, 0.2) is 102 Å². The molecule has 0 spiro atoms. The van der Waals surface area contributed by atoms with Crippen molar-refractivity contribution in [3.05, 3.63) is 120 Å². The van der Waals surface area contributed by atoms with Gasteiger partial charge in [0, 0.05) is 36.4 Å². The van der Waals surface area contributed by atoms with E-state index >= 15 is 0 Å². The second-order valence-electron chi connectivity index (χ2n) is 7.75. The number of para-hydroxylation sites is 2. The van der Waals surface area contributed by atoms with Crippen LogP contribution in [0.3, 0.4) is 0 Å². The zero-order valence-electron chi connectivity index (χ0n) is 18.0. The van der Waals surface area contributed by atoms with Gasteiger partial charge in [-0.1, -0.05) is 60.7 Å². The molecule has 3 aromatic carbocycles. The summed E-state index contributed by atoms with van der Waals surface area (Å²) in [5.74, 6) is 0.753. The summed E-state index contributed by atoms with van der Waals surface area (Å²) in [6.45, 7) is 1.36. The Morgan fingerprint density at radius 2 is 1.79 bits per heavy atom. The van der Waals surface area contributed by atoms with Gasteiger partial charge < -0.3 is 19.0 Å². The van der Waals surface area contributed by atoms with Gasteiger partial charge in [-0.15, -0.1) is 0 Å². The highest BCUT2D eigenvalue weighted by molar-refractivity contribution is 5.99. The van der Waals surface area contributed by atoms with Crippen LogP contribution in [0.25, 0.3) is 11.0 Å². The maximum Gasteiger partial charge on any atom is 0.287 e. The number of aromatic nitrogens is 2. The smallest absolute Gasteiger partial charge is 0.287 e. The van der Waals surface area contributed by atoms with Crippen molar-refractivity contribution in [2.24, 2.45) is 0 Å². The maximum atomic E-state index is 13.1. The van der Waals surface area contributed by atoms with Crippen LogP contribution in [-0.4, -0.2) is 15.5 Å². The number of fused-ring (bicyclic) bond motifs is 1. The van der Waals surface area contributed by atoms with Crippen molar-refractivity contribution in [2.75, 3.05) is 0 Å². The van der Waals surface area contributed by atoms with Gasteiger partial charge in [-0.2, -0.15) is 0 Å². The number of imidazole rings is 1. The molecule has 0 saturated heterocycles. The van der Waals surface area contributed by atoms with E-state index in [-0.39, 0.29) is 18.3 Å². The lowest BCUT2D eigenvalue weighted by Crippen LogP contribution is -2.23. The molecular formula is C27H23N3O3. The van der Waals surface area contributed by atoms with Crippen LogP contribution in [0.2, 0.25) is 0 Å². The Labute approximate surface area is 191 Å². The molecule has 0 fully saturated rings. The monoisotopic (exact) mass is 437 g/mol. The lowest BCUT2D eigenvalue weighted by Gasteiger charge is -2.09. The average molecular weight is 437 g/mol. The fraction of sp³-hybridized carbons (Fsp3) is 0.111. The first-order valence-electron chi connectivity index (χ1n) is 10.8. The highest BCUT2D eigenvalue weighted by Crippen LogP contribution is 2.27. The van der Waals surface area contributed by atoms with Crippen LogP contribution in [0, 0.1) is 0 Å². The minimum atomic E-state index is -0.266. The van der Waals surface area contributed by atoms with Gasteiger partial charge in [-0.25, -0.2) is 4.98 Å². The second-order valence-corrected chi connectivity index (χ2v) is 7.75.